The molecule has 31 heavy (non-hydrogen) atoms. The predicted octanol–water partition coefficient (Wildman–Crippen LogP) is 7.01. The van der Waals surface area contributed by atoms with E-state index in [2.05, 4.69) is 98.6 Å². The van der Waals surface area contributed by atoms with Crippen molar-refractivity contribution in [1.82, 2.24) is 0 Å². The number of hydrogen-bond donors (Lipinski definition) is 0. The number of hydrazone groups is 1. The lowest BCUT2D eigenvalue weighted by Crippen LogP contribution is -2.19. The summed E-state index contributed by atoms with van der Waals surface area (Å²) in [6.45, 7) is 6.75. The minimum atomic E-state index is 0.149. The molecule has 0 saturated carbocycles. The van der Waals surface area contributed by atoms with Crippen LogP contribution in [0.5, 0.6) is 5.75 Å². The Hall–Kier alpha value is -3.33. The van der Waals surface area contributed by atoms with Gasteiger partial charge in [-0.15, -0.1) is 0 Å². The van der Waals surface area contributed by atoms with Crippen LogP contribution in [0.15, 0.2) is 90.0 Å². The molecule has 0 radical (unpaired) electrons. The SMILES string of the molecule is COc1ccc(C=CC2=NN(c3ccccc3)C(c3ccc(C(C)(C)C)cc3)C2)cc1. The van der Waals surface area contributed by atoms with Crippen LogP contribution in [-0.2, 0) is 5.41 Å². The first-order chi connectivity index (χ1) is 14.9. The van der Waals surface area contributed by atoms with Gasteiger partial charge < -0.3 is 4.74 Å². The van der Waals surface area contributed by atoms with Gasteiger partial charge in [0.2, 0.25) is 0 Å². The normalized spacial score (nSPS) is 16.6. The Kier molecular flexibility index (Phi) is 5.94. The molecule has 0 aliphatic carbocycles. The molecule has 1 atom stereocenters. The van der Waals surface area contributed by atoms with Crippen molar-refractivity contribution in [2.75, 3.05) is 12.1 Å². The maximum absolute atomic E-state index is 5.25. The summed E-state index contributed by atoms with van der Waals surface area (Å²) in [7, 11) is 1.68. The second-order valence-corrected chi connectivity index (χ2v) is 8.97. The first kappa shape index (κ1) is 20.9. The maximum atomic E-state index is 5.25. The van der Waals surface area contributed by atoms with E-state index in [0.29, 0.717) is 0 Å². The predicted molar refractivity (Wildman–Crippen MR) is 131 cm³/mol. The number of anilines is 1. The van der Waals surface area contributed by atoms with E-state index >= 15 is 0 Å². The van der Waals surface area contributed by atoms with Gasteiger partial charge in [-0.25, -0.2) is 0 Å². The van der Waals surface area contributed by atoms with E-state index in [1.165, 1.54) is 11.1 Å². The van der Waals surface area contributed by atoms with Gasteiger partial charge in [0.1, 0.15) is 5.75 Å². The van der Waals surface area contributed by atoms with Crippen LogP contribution in [0, 0.1) is 0 Å². The Morgan fingerprint density at radius 2 is 1.55 bits per heavy atom. The van der Waals surface area contributed by atoms with Gasteiger partial charge in [0, 0.05) is 6.42 Å². The third kappa shape index (κ3) is 4.88. The molecule has 0 amide bonds. The minimum Gasteiger partial charge on any atom is -0.497 e. The number of para-hydroxylation sites is 1. The molecule has 3 heteroatoms. The lowest BCUT2D eigenvalue weighted by Gasteiger charge is -2.25. The van der Waals surface area contributed by atoms with Gasteiger partial charge in [-0.1, -0.05) is 81.4 Å². The summed E-state index contributed by atoms with van der Waals surface area (Å²) in [6, 6.07) is 27.7. The smallest absolute Gasteiger partial charge is 0.118 e. The highest BCUT2D eigenvalue weighted by molar-refractivity contribution is 6.01. The second-order valence-electron chi connectivity index (χ2n) is 8.97. The Balaban J connectivity index is 1.60. The molecule has 1 aliphatic rings. The summed E-state index contributed by atoms with van der Waals surface area (Å²) in [6.07, 6.45) is 5.12. The Morgan fingerprint density at radius 1 is 0.871 bits per heavy atom. The van der Waals surface area contributed by atoms with Gasteiger partial charge in [-0.05, 0) is 52.4 Å². The Morgan fingerprint density at radius 3 is 2.16 bits per heavy atom. The molecule has 4 rings (SSSR count). The number of ether oxygens (including phenoxy) is 1. The summed E-state index contributed by atoms with van der Waals surface area (Å²) in [4.78, 5) is 0. The number of hydrogen-bond acceptors (Lipinski definition) is 3. The number of nitrogens with zero attached hydrogens (tertiary/aromatic N) is 2. The van der Waals surface area contributed by atoms with Crippen molar-refractivity contribution in [2.24, 2.45) is 5.10 Å². The first-order valence-electron chi connectivity index (χ1n) is 10.8. The van der Waals surface area contributed by atoms with E-state index in [1.807, 2.05) is 18.2 Å². The molecule has 0 aromatic heterocycles. The summed E-state index contributed by atoms with van der Waals surface area (Å²) >= 11 is 0. The molecule has 0 saturated heterocycles. The summed E-state index contributed by atoms with van der Waals surface area (Å²) in [5, 5.41) is 7.13. The molecule has 1 aliphatic heterocycles. The Labute approximate surface area is 185 Å². The third-order valence-electron chi connectivity index (χ3n) is 5.70. The van der Waals surface area contributed by atoms with Gasteiger partial charge >= 0.3 is 0 Å². The molecule has 1 heterocycles. The average Bonchev–Trinajstić information content (AvgIpc) is 3.22. The van der Waals surface area contributed by atoms with E-state index in [0.717, 1.165) is 29.1 Å². The van der Waals surface area contributed by atoms with Gasteiger partial charge in [-0.3, -0.25) is 5.01 Å². The molecule has 0 bridgehead atoms. The molecule has 0 N–H and O–H groups in total. The minimum absolute atomic E-state index is 0.149. The van der Waals surface area contributed by atoms with Crippen LogP contribution in [0.3, 0.4) is 0 Å². The molecule has 0 spiro atoms. The highest BCUT2D eigenvalue weighted by atomic mass is 16.5. The van der Waals surface area contributed by atoms with Crippen LogP contribution in [-0.4, -0.2) is 12.8 Å². The highest BCUT2D eigenvalue weighted by Crippen LogP contribution is 2.36. The standard InChI is InChI=1S/C28H30N2O/c1-28(2,3)23-15-13-22(14-16-23)27-20-24(29-30(27)25-8-6-5-7-9-25)17-10-21-11-18-26(31-4)19-12-21/h5-19,27H,20H2,1-4H3. The van der Waals surface area contributed by atoms with Crippen LogP contribution in [0.4, 0.5) is 5.69 Å². The van der Waals surface area contributed by atoms with Gasteiger partial charge in [0.05, 0.1) is 24.6 Å². The van der Waals surface area contributed by atoms with Gasteiger partial charge in [0.25, 0.3) is 0 Å². The van der Waals surface area contributed by atoms with Crippen LogP contribution in [0.1, 0.15) is 49.9 Å². The van der Waals surface area contributed by atoms with E-state index in [1.54, 1.807) is 7.11 Å². The molecule has 1 unspecified atom stereocenters. The molecule has 158 valence electrons. The highest BCUT2D eigenvalue weighted by Gasteiger charge is 2.28. The van der Waals surface area contributed by atoms with Crippen LogP contribution >= 0.6 is 0 Å². The number of benzene rings is 3. The van der Waals surface area contributed by atoms with Crippen molar-refractivity contribution < 1.29 is 4.74 Å². The number of allylic oxidation sites excluding steroid dienone is 1. The quantitative estimate of drug-likeness (QED) is 0.452. The summed E-state index contributed by atoms with van der Waals surface area (Å²) in [5.41, 5.74) is 6.10. The molecule has 3 aromatic carbocycles. The lowest BCUT2D eigenvalue weighted by atomic mass is 9.86. The second kappa shape index (κ2) is 8.81. The van der Waals surface area contributed by atoms with Crippen molar-refractivity contribution in [2.45, 2.75) is 38.6 Å². The topological polar surface area (TPSA) is 24.8 Å². The Bertz CT molecular complexity index is 1060. The molecular formula is C28H30N2O. The fraction of sp³-hybridized carbons (Fsp3) is 0.250. The zero-order valence-corrected chi connectivity index (χ0v) is 18.7. The largest absolute Gasteiger partial charge is 0.497 e. The monoisotopic (exact) mass is 410 g/mol. The van der Waals surface area contributed by atoms with Crippen molar-refractivity contribution >= 4 is 17.5 Å². The van der Waals surface area contributed by atoms with Gasteiger partial charge in [0.15, 0.2) is 0 Å². The fourth-order valence-corrected chi connectivity index (χ4v) is 3.83. The van der Waals surface area contributed by atoms with E-state index in [4.69, 9.17) is 9.84 Å². The summed E-state index contributed by atoms with van der Waals surface area (Å²) < 4.78 is 5.25. The van der Waals surface area contributed by atoms with Crippen molar-refractivity contribution in [3.8, 4) is 5.75 Å². The van der Waals surface area contributed by atoms with E-state index < -0.39 is 0 Å². The zero-order chi connectivity index (χ0) is 21.8. The zero-order valence-electron chi connectivity index (χ0n) is 18.7. The third-order valence-corrected chi connectivity index (χ3v) is 5.70. The lowest BCUT2D eigenvalue weighted by molar-refractivity contribution is 0.415. The van der Waals surface area contributed by atoms with Crippen LogP contribution in [0.2, 0.25) is 0 Å². The first-order valence-corrected chi connectivity index (χ1v) is 10.8. The average molecular weight is 411 g/mol. The van der Waals surface area contributed by atoms with Crippen LogP contribution < -0.4 is 9.75 Å². The molecule has 0 fully saturated rings. The van der Waals surface area contributed by atoms with Crippen molar-refractivity contribution in [1.29, 1.82) is 0 Å². The van der Waals surface area contributed by atoms with Crippen LogP contribution in [0.25, 0.3) is 6.08 Å². The molecule has 3 aromatic rings. The molecule has 3 nitrogen and oxygen atoms in total. The number of methoxy groups -OCH3 is 1. The van der Waals surface area contributed by atoms with Crippen molar-refractivity contribution in [3.63, 3.8) is 0 Å². The van der Waals surface area contributed by atoms with Gasteiger partial charge in [-0.2, -0.15) is 5.10 Å². The summed E-state index contributed by atoms with van der Waals surface area (Å²) in [5.74, 6) is 0.865. The van der Waals surface area contributed by atoms with Crippen molar-refractivity contribution in [3.05, 3.63) is 102 Å². The maximum Gasteiger partial charge on any atom is 0.118 e. The van der Waals surface area contributed by atoms with E-state index in [-0.39, 0.29) is 11.5 Å². The molecular weight excluding hydrogens is 380 g/mol. The fourth-order valence-electron chi connectivity index (χ4n) is 3.83. The number of rotatable bonds is 5. The van der Waals surface area contributed by atoms with E-state index in [9.17, 15) is 0 Å².